The summed E-state index contributed by atoms with van der Waals surface area (Å²) in [6.45, 7) is 0.370. The Balaban J connectivity index is 1.51. The molecule has 1 saturated carbocycles. The smallest absolute Gasteiger partial charge is 0.417 e. The van der Waals surface area contributed by atoms with E-state index in [1.807, 2.05) is 30.3 Å². The van der Waals surface area contributed by atoms with Crippen LogP contribution in [-0.2, 0) is 16.1 Å². The molecule has 3 rings (SSSR count). The van der Waals surface area contributed by atoms with Gasteiger partial charge in [0.05, 0.1) is 6.54 Å². The number of benzene rings is 1. The molecule has 3 N–H and O–H groups in total. The van der Waals surface area contributed by atoms with E-state index in [4.69, 9.17) is 10.5 Å². The van der Waals surface area contributed by atoms with Gasteiger partial charge in [0, 0.05) is 23.9 Å². The molecule has 1 aromatic carbocycles. The second kappa shape index (κ2) is 7.49. The fraction of sp³-hybridized carbons (Fsp3) is 0.444. The number of nitrogens with two attached hydrogens (primary N) is 1. The van der Waals surface area contributed by atoms with Crippen LogP contribution in [0.1, 0.15) is 31.2 Å². The van der Waals surface area contributed by atoms with Crippen molar-refractivity contribution in [3.05, 3.63) is 47.7 Å². The van der Waals surface area contributed by atoms with Gasteiger partial charge < -0.3 is 15.8 Å². The number of rotatable bonds is 4. The molecule has 128 valence electrons. The van der Waals surface area contributed by atoms with Crippen molar-refractivity contribution in [3.8, 4) is 0 Å². The maximum Gasteiger partial charge on any atom is 0.417 e. The van der Waals surface area contributed by atoms with Gasteiger partial charge in [0.1, 0.15) is 6.61 Å². The lowest BCUT2D eigenvalue weighted by Gasteiger charge is -2.30. The van der Waals surface area contributed by atoms with Crippen LogP contribution in [0, 0.1) is 0 Å². The standard InChI is InChI=1S/C18H23N3O3/c19-15-8-4-5-9-16(15)20-14-10-17(22)21(11-14)18(23)24-12-13-6-2-1-3-7-13/h1-3,6-7,10,15-16,20H,4-5,8-9,11-12,19H2. The van der Waals surface area contributed by atoms with Crippen molar-refractivity contribution in [1.82, 2.24) is 10.2 Å². The molecule has 1 heterocycles. The molecule has 6 heteroatoms. The van der Waals surface area contributed by atoms with Gasteiger partial charge in [0.25, 0.3) is 5.91 Å². The number of nitrogens with one attached hydrogen (secondary N) is 1. The number of ether oxygens (including phenoxy) is 1. The van der Waals surface area contributed by atoms with Crippen molar-refractivity contribution < 1.29 is 14.3 Å². The third kappa shape index (κ3) is 3.94. The van der Waals surface area contributed by atoms with Crippen LogP contribution in [0.5, 0.6) is 0 Å². The fourth-order valence-electron chi connectivity index (χ4n) is 3.14. The third-order valence-corrected chi connectivity index (χ3v) is 4.51. The molecule has 1 aromatic rings. The molecule has 2 unspecified atom stereocenters. The number of imide groups is 1. The minimum Gasteiger partial charge on any atom is -0.444 e. The molecule has 1 fully saturated rings. The van der Waals surface area contributed by atoms with Crippen molar-refractivity contribution in [2.24, 2.45) is 5.73 Å². The van der Waals surface area contributed by atoms with E-state index in [9.17, 15) is 9.59 Å². The quantitative estimate of drug-likeness (QED) is 0.881. The topological polar surface area (TPSA) is 84.7 Å². The van der Waals surface area contributed by atoms with Gasteiger partial charge in [-0.15, -0.1) is 0 Å². The van der Waals surface area contributed by atoms with Gasteiger partial charge >= 0.3 is 6.09 Å². The molecule has 0 spiro atoms. The Labute approximate surface area is 141 Å². The summed E-state index contributed by atoms with van der Waals surface area (Å²) >= 11 is 0. The number of hydrogen-bond acceptors (Lipinski definition) is 5. The maximum atomic E-state index is 12.1. The number of amides is 2. The summed E-state index contributed by atoms with van der Waals surface area (Å²) in [5, 5.41) is 3.32. The van der Waals surface area contributed by atoms with Crippen LogP contribution in [0.15, 0.2) is 42.1 Å². The molecule has 2 atom stereocenters. The molecule has 0 aromatic heterocycles. The Bertz CT molecular complexity index is 630. The fourth-order valence-corrected chi connectivity index (χ4v) is 3.14. The van der Waals surface area contributed by atoms with Crippen molar-refractivity contribution in [3.63, 3.8) is 0 Å². The van der Waals surface area contributed by atoms with Crippen LogP contribution < -0.4 is 11.1 Å². The van der Waals surface area contributed by atoms with Crippen molar-refractivity contribution >= 4 is 12.0 Å². The molecular weight excluding hydrogens is 306 g/mol. The monoisotopic (exact) mass is 329 g/mol. The molecule has 1 aliphatic carbocycles. The average Bonchev–Trinajstić information content (AvgIpc) is 2.96. The van der Waals surface area contributed by atoms with Crippen LogP contribution in [0.2, 0.25) is 0 Å². The van der Waals surface area contributed by atoms with E-state index in [2.05, 4.69) is 5.32 Å². The zero-order chi connectivity index (χ0) is 16.9. The van der Waals surface area contributed by atoms with Crippen molar-refractivity contribution in [2.45, 2.75) is 44.4 Å². The molecular formula is C18H23N3O3. The lowest BCUT2D eigenvalue weighted by Crippen LogP contribution is -2.47. The van der Waals surface area contributed by atoms with Gasteiger partial charge in [-0.2, -0.15) is 0 Å². The van der Waals surface area contributed by atoms with E-state index in [1.165, 1.54) is 6.08 Å². The first-order chi connectivity index (χ1) is 11.6. The van der Waals surface area contributed by atoms with E-state index in [0.29, 0.717) is 0 Å². The van der Waals surface area contributed by atoms with Gasteiger partial charge in [-0.3, -0.25) is 4.79 Å². The molecule has 1 aliphatic heterocycles. The number of carbonyl (C=O) groups excluding carboxylic acids is 2. The van der Waals surface area contributed by atoms with Crippen molar-refractivity contribution in [1.29, 1.82) is 0 Å². The van der Waals surface area contributed by atoms with Gasteiger partial charge in [-0.25, -0.2) is 9.69 Å². The normalized spacial score (nSPS) is 23.8. The Hall–Kier alpha value is -2.34. The lowest BCUT2D eigenvalue weighted by atomic mass is 9.91. The summed E-state index contributed by atoms with van der Waals surface area (Å²) in [5.74, 6) is -0.347. The van der Waals surface area contributed by atoms with E-state index in [1.54, 1.807) is 0 Å². The lowest BCUT2D eigenvalue weighted by molar-refractivity contribution is -0.123. The van der Waals surface area contributed by atoms with Gasteiger partial charge in [-0.05, 0) is 18.4 Å². The van der Waals surface area contributed by atoms with E-state index >= 15 is 0 Å². The maximum absolute atomic E-state index is 12.1. The number of carbonyl (C=O) groups is 2. The first kappa shape index (κ1) is 16.5. The molecule has 24 heavy (non-hydrogen) atoms. The van der Waals surface area contributed by atoms with Crippen LogP contribution in [0.4, 0.5) is 4.79 Å². The Kier molecular flexibility index (Phi) is 5.15. The summed E-state index contributed by atoms with van der Waals surface area (Å²) in [7, 11) is 0. The molecule has 0 saturated heterocycles. The summed E-state index contributed by atoms with van der Waals surface area (Å²) in [6.07, 6.45) is 5.10. The van der Waals surface area contributed by atoms with E-state index in [0.717, 1.165) is 41.8 Å². The Morgan fingerprint density at radius 2 is 2.00 bits per heavy atom. The van der Waals surface area contributed by atoms with Crippen LogP contribution in [0.25, 0.3) is 0 Å². The largest absolute Gasteiger partial charge is 0.444 e. The van der Waals surface area contributed by atoms with Crippen LogP contribution in [-0.4, -0.2) is 35.5 Å². The first-order valence-electron chi connectivity index (χ1n) is 8.38. The highest BCUT2D eigenvalue weighted by molar-refractivity contribution is 6.01. The average molecular weight is 329 g/mol. The van der Waals surface area contributed by atoms with Gasteiger partial charge in [0.2, 0.25) is 0 Å². The Morgan fingerprint density at radius 1 is 1.25 bits per heavy atom. The third-order valence-electron chi connectivity index (χ3n) is 4.51. The highest BCUT2D eigenvalue weighted by atomic mass is 16.6. The van der Waals surface area contributed by atoms with Crippen LogP contribution >= 0.6 is 0 Å². The van der Waals surface area contributed by atoms with Gasteiger partial charge in [-0.1, -0.05) is 43.2 Å². The van der Waals surface area contributed by atoms with Crippen molar-refractivity contribution in [2.75, 3.05) is 6.54 Å². The van der Waals surface area contributed by atoms with Gasteiger partial charge in [0.15, 0.2) is 0 Å². The molecule has 6 nitrogen and oxygen atoms in total. The summed E-state index contributed by atoms with van der Waals surface area (Å²) < 4.78 is 5.22. The SMILES string of the molecule is NC1CCCCC1NC1=CC(=O)N(C(=O)OCc2ccccc2)C1. The number of nitrogens with zero attached hydrogens (tertiary/aromatic N) is 1. The summed E-state index contributed by atoms with van der Waals surface area (Å²) in [5.41, 5.74) is 7.74. The second-order valence-electron chi connectivity index (χ2n) is 6.33. The minimum atomic E-state index is -0.621. The predicted octanol–water partition coefficient (Wildman–Crippen LogP) is 1.91. The summed E-state index contributed by atoms with van der Waals surface area (Å²) in [6, 6.07) is 9.64. The summed E-state index contributed by atoms with van der Waals surface area (Å²) in [4.78, 5) is 25.3. The van der Waals surface area contributed by atoms with E-state index < -0.39 is 6.09 Å². The highest BCUT2D eigenvalue weighted by Gasteiger charge is 2.31. The molecule has 0 radical (unpaired) electrons. The Morgan fingerprint density at radius 3 is 2.75 bits per heavy atom. The minimum absolute atomic E-state index is 0.0915. The zero-order valence-corrected chi connectivity index (χ0v) is 13.6. The zero-order valence-electron chi connectivity index (χ0n) is 13.6. The first-order valence-corrected chi connectivity index (χ1v) is 8.38. The molecule has 0 bridgehead atoms. The second-order valence-corrected chi connectivity index (χ2v) is 6.33. The highest BCUT2D eigenvalue weighted by Crippen LogP contribution is 2.19. The van der Waals surface area contributed by atoms with E-state index in [-0.39, 0.29) is 31.1 Å². The number of hydrogen-bond donors (Lipinski definition) is 2. The molecule has 2 amide bonds. The molecule has 2 aliphatic rings. The predicted molar refractivity (Wildman–Crippen MR) is 89.8 cm³/mol. The van der Waals surface area contributed by atoms with Crippen LogP contribution in [0.3, 0.4) is 0 Å².